The molecule has 0 bridgehead atoms. The Morgan fingerprint density at radius 3 is 1.88 bits per heavy atom. The average Bonchev–Trinajstić information content (AvgIpc) is 3.79. The molecule has 10 rings (SSSR count). The van der Waals surface area contributed by atoms with Crippen LogP contribution in [0.5, 0.6) is 0 Å². The van der Waals surface area contributed by atoms with Crippen LogP contribution in [0.25, 0.3) is 44.2 Å². The molecule has 1 heterocycles. The van der Waals surface area contributed by atoms with Crippen LogP contribution >= 0.6 is 0 Å². The molecule has 8 aromatic rings. The number of hydrogen-bond donors (Lipinski definition) is 0. The number of para-hydroxylation sites is 3. The maximum absolute atomic E-state index is 4.42. The number of allylic oxidation sites excluding steroid dienone is 5. The van der Waals surface area contributed by atoms with Gasteiger partial charge in [0.1, 0.15) is 0 Å². The Kier molecular flexibility index (Phi) is 6.81. The molecule has 246 valence electrons. The van der Waals surface area contributed by atoms with Crippen molar-refractivity contribution in [3.05, 3.63) is 222 Å². The Balaban J connectivity index is 1.23. The van der Waals surface area contributed by atoms with E-state index in [-0.39, 0.29) is 0 Å². The first-order chi connectivity index (χ1) is 25.7. The van der Waals surface area contributed by atoms with E-state index in [4.69, 9.17) is 0 Å². The van der Waals surface area contributed by atoms with Gasteiger partial charge in [-0.05, 0) is 106 Å². The fourth-order valence-corrected chi connectivity index (χ4v) is 9.12. The number of anilines is 3. The van der Waals surface area contributed by atoms with E-state index in [1.807, 2.05) is 0 Å². The highest BCUT2D eigenvalue weighted by Gasteiger charge is 2.51. The molecular weight excluding hydrogens is 629 g/mol. The lowest BCUT2D eigenvalue weighted by Crippen LogP contribution is -2.26. The van der Waals surface area contributed by atoms with Crippen molar-refractivity contribution < 1.29 is 0 Å². The minimum Gasteiger partial charge on any atom is -0.310 e. The summed E-state index contributed by atoms with van der Waals surface area (Å²) in [5.74, 6) is 0. The quantitative estimate of drug-likeness (QED) is 0.172. The smallest absolute Gasteiger partial charge is 0.0725 e. The fourth-order valence-electron chi connectivity index (χ4n) is 9.12. The van der Waals surface area contributed by atoms with Crippen molar-refractivity contribution in [3.63, 3.8) is 0 Å². The molecule has 1 aromatic heterocycles. The zero-order chi connectivity index (χ0) is 34.8. The van der Waals surface area contributed by atoms with E-state index in [1.54, 1.807) is 0 Å². The van der Waals surface area contributed by atoms with Crippen LogP contribution in [0.2, 0.25) is 0 Å². The lowest BCUT2D eigenvalue weighted by Gasteiger charge is -2.32. The second-order valence-electron chi connectivity index (χ2n) is 13.7. The van der Waals surface area contributed by atoms with Gasteiger partial charge in [-0.1, -0.05) is 140 Å². The Bertz CT molecular complexity index is 2760. The van der Waals surface area contributed by atoms with Crippen LogP contribution in [0.4, 0.5) is 17.1 Å². The SMILES string of the molecule is C=CC1=C(/C=C\C)c2ccccc2C12c1ccccc1-c1cc(N(c3ccccc3)c3ccc4c5ccccc5n(-c5ccccc5)c4c3)ccc12. The lowest BCUT2D eigenvalue weighted by molar-refractivity contribution is 0.786. The summed E-state index contributed by atoms with van der Waals surface area (Å²) >= 11 is 0. The first kappa shape index (κ1) is 30.2. The fraction of sp³-hybridized carbons (Fsp3) is 0.0400. The number of aromatic nitrogens is 1. The zero-order valence-electron chi connectivity index (χ0n) is 29.0. The molecule has 0 saturated carbocycles. The molecule has 2 nitrogen and oxygen atoms in total. The maximum Gasteiger partial charge on any atom is 0.0725 e. The van der Waals surface area contributed by atoms with Gasteiger partial charge in [-0.25, -0.2) is 0 Å². The van der Waals surface area contributed by atoms with Gasteiger partial charge in [-0.3, -0.25) is 0 Å². The number of fused-ring (bicyclic) bond motifs is 10. The van der Waals surface area contributed by atoms with Gasteiger partial charge >= 0.3 is 0 Å². The molecule has 2 aliphatic rings. The van der Waals surface area contributed by atoms with Gasteiger partial charge in [0.15, 0.2) is 0 Å². The van der Waals surface area contributed by atoms with Crippen molar-refractivity contribution in [1.29, 1.82) is 0 Å². The van der Waals surface area contributed by atoms with Gasteiger partial charge in [0.25, 0.3) is 0 Å². The molecule has 7 aromatic carbocycles. The molecule has 2 heteroatoms. The number of benzene rings is 7. The van der Waals surface area contributed by atoms with Crippen LogP contribution in [-0.2, 0) is 5.41 Å². The van der Waals surface area contributed by atoms with Gasteiger partial charge < -0.3 is 9.47 Å². The average molecular weight is 665 g/mol. The highest BCUT2D eigenvalue weighted by atomic mass is 15.1. The molecule has 0 N–H and O–H groups in total. The van der Waals surface area contributed by atoms with Gasteiger partial charge in [0.05, 0.1) is 16.4 Å². The summed E-state index contributed by atoms with van der Waals surface area (Å²) in [6.07, 6.45) is 6.49. The Labute approximate surface area is 304 Å². The molecule has 52 heavy (non-hydrogen) atoms. The zero-order valence-corrected chi connectivity index (χ0v) is 29.0. The second-order valence-corrected chi connectivity index (χ2v) is 13.7. The summed E-state index contributed by atoms with van der Waals surface area (Å²) in [5, 5.41) is 2.49. The third-order valence-electron chi connectivity index (χ3n) is 11.1. The maximum atomic E-state index is 4.42. The van der Waals surface area contributed by atoms with E-state index in [9.17, 15) is 0 Å². The number of rotatable bonds is 6. The van der Waals surface area contributed by atoms with Crippen molar-refractivity contribution in [2.45, 2.75) is 12.3 Å². The molecule has 1 spiro atoms. The molecule has 0 aliphatic heterocycles. The minimum absolute atomic E-state index is 0.440. The van der Waals surface area contributed by atoms with E-state index in [2.05, 4.69) is 211 Å². The second kappa shape index (κ2) is 11.7. The predicted octanol–water partition coefficient (Wildman–Crippen LogP) is 13.1. The minimum atomic E-state index is -0.440. The summed E-state index contributed by atoms with van der Waals surface area (Å²) in [6, 6.07) is 62.0. The number of hydrogen-bond acceptors (Lipinski definition) is 1. The normalized spacial score (nSPS) is 15.8. The topological polar surface area (TPSA) is 8.17 Å². The molecule has 2 aliphatic carbocycles. The van der Waals surface area contributed by atoms with Crippen LogP contribution in [-0.4, -0.2) is 4.57 Å². The van der Waals surface area contributed by atoms with Crippen molar-refractivity contribution in [2.24, 2.45) is 0 Å². The van der Waals surface area contributed by atoms with Crippen LogP contribution < -0.4 is 4.90 Å². The number of nitrogens with zero attached hydrogens (tertiary/aromatic N) is 2. The van der Waals surface area contributed by atoms with Crippen LogP contribution in [0, 0.1) is 0 Å². The summed E-state index contributed by atoms with van der Waals surface area (Å²) in [7, 11) is 0. The largest absolute Gasteiger partial charge is 0.310 e. The van der Waals surface area contributed by atoms with Crippen LogP contribution in [0.3, 0.4) is 0 Å². The molecule has 1 unspecified atom stereocenters. The molecule has 0 fully saturated rings. The Morgan fingerprint density at radius 1 is 0.519 bits per heavy atom. The van der Waals surface area contributed by atoms with Gasteiger partial charge in [0.2, 0.25) is 0 Å². The molecule has 0 saturated heterocycles. The van der Waals surface area contributed by atoms with Crippen molar-refractivity contribution in [3.8, 4) is 16.8 Å². The van der Waals surface area contributed by atoms with E-state index < -0.39 is 5.41 Å². The first-order valence-corrected chi connectivity index (χ1v) is 18.0. The molecule has 1 atom stereocenters. The first-order valence-electron chi connectivity index (χ1n) is 18.0. The monoisotopic (exact) mass is 664 g/mol. The van der Waals surface area contributed by atoms with Crippen LogP contribution in [0.1, 0.15) is 29.2 Å². The van der Waals surface area contributed by atoms with Gasteiger partial charge in [-0.15, -0.1) is 0 Å². The molecule has 0 amide bonds. The summed E-state index contributed by atoms with van der Waals surface area (Å²) in [4.78, 5) is 2.40. The van der Waals surface area contributed by atoms with E-state index in [1.165, 1.54) is 66.3 Å². The molecule has 0 radical (unpaired) electrons. The van der Waals surface area contributed by atoms with E-state index in [0.717, 1.165) is 22.7 Å². The summed E-state index contributed by atoms with van der Waals surface area (Å²) in [6.45, 7) is 6.51. The lowest BCUT2D eigenvalue weighted by atomic mass is 9.69. The standard InChI is InChI=1S/C50H36N2/c1-3-17-38-39-22-11-14-25-45(39)50(44(38)4-2)46-26-15-12-23-40(46)43-32-36(29-31-47(43)50)51(34-18-7-5-8-19-34)37-28-30-42-41-24-13-16-27-48(41)52(49(42)33-37)35-20-9-6-10-21-35/h3-33H,2H2,1H3/b17-3-. The van der Waals surface area contributed by atoms with Crippen molar-refractivity contribution in [2.75, 3.05) is 4.90 Å². The van der Waals surface area contributed by atoms with Crippen molar-refractivity contribution >= 4 is 44.4 Å². The third kappa shape index (κ3) is 4.12. The highest BCUT2D eigenvalue weighted by Crippen LogP contribution is 2.62. The predicted molar refractivity (Wildman–Crippen MR) is 219 cm³/mol. The van der Waals surface area contributed by atoms with Crippen LogP contribution in [0.15, 0.2) is 200 Å². The van der Waals surface area contributed by atoms with E-state index >= 15 is 0 Å². The van der Waals surface area contributed by atoms with E-state index in [0.29, 0.717) is 0 Å². The van der Waals surface area contributed by atoms with Gasteiger partial charge in [0, 0.05) is 33.5 Å². The summed E-state index contributed by atoms with van der Waals surface area (Å²) < 4.78 is 2.39. The third-order valence-corrected chi connectivity index (χ3v) is 11.1. The Morgan fingerprint density at radius 2 is 1.12 bits per heavy atom. The molecular formula is C50H36N2. The Hall–Kier alpha value is -6.64. The van der Waals surface area contributed by atoms with Gasteiger partial charge in [-0.2, -0.15) is 0 Å². The summed E-state index contributed by atoms with van der Waals surface area (Å²) in [5.41, 5.74) is 16.6. The highest BCUT2D eigenvalue weighted by molar-refractivity contribution is 6.10. The van der Waals surface area contributed by atoms with Crippen molar-refractivity contribution in [1.82, 2.24) is 4.57 Å².